The second-order valence-electron chi connectivity index (χ2n) is 6.48. The maximum absolute atomic E-state index is 13.7. The minimum absolute atomic E-state index is 0.0963. The van der Waals surface area contributed by atoms with E-state index in [9.17, 15) is 30.8 Å². The van der Waals surface area contributed by atoms with E-state index in [2.05, 4.69) is 10.0 Å². The predicted molar refractivity (Wildman–Crippen MR) is 109 cm³/mol. The van der Waals surface area contributed by atoms with E-state index < -0.39 is 40.1 Å². The van der Waals surface area contributed by atoms with Gasteiger partial charge in [0.1, 0.15) is 11.6 Å². The maximum Gasteiger partial charge on any atom is 0.416 e. The van der Waals surface area contributed by atoms with Gasteiger partial charge in [0.2, 0.25) is 0 Å². The summed E-state index contributed by atoms with van der Waals surface area (Å²) in [6, 6.07) is 14.4. The topological polar surface area (TPSA) is 84.5 Å². The fraction of sp³-hybridized carbons (Fsp3) is 0.0952. The van der Waals surface area contributed by atoms with E-state index in [0.29, 0.717) is 0 Å². The van der Waals surface area contributed by atoms with Crippen LogP contribution in [0.15, 0.2) is 77.7 Å². The molecule has 2 N–H and O–H groups in total. The van der Waals surface area contributed by atoms with Crippen molar-refractivity contribution in [3.8, 4) is 5.75 Å². The Balaban J connectivity index is 1.65. The molecule has 32 heavy (non-hydrogen) atoms. The average molecular weight is 468 g/mol. The van der Waals surface area contributed by atoms with Crippen molar-refractivity contribution in [1.82, 2.24) is 0 Å². The number of hydrogen-bond donors (Lipinski definition) is 2. The third-order valence-corrected chi connectivity index (χ3v) is 5.44. The largest absolute Gasteiger partial charge is 0.484 e. The number of ether oxygens (including phenoxy) is 1. The fourth-order valence-electron chi connectivity index (χ4n) is 2.60. The first-order valence-electron chi connectivity index (χ1n) is 9.02. The van der Waals surface area contributed by atoms with Gasteiger partial charge in [0.05, 0.1) is 16.1 Å². The van der Waals surface area contributed by atoms with Crippen LogP contribution in [0.2, 0.25) is 0 Å². The van der Waals surface area contributed by atoms with E-state index in [1.165, 1.54) is 42.5 Å². The zero-order chi connectivity index (χ0) is 23.4. The summed E-state index contributed by atoms with van der Waals surface area (Å²) in [6.45, 7) is -0.605. The number of carbonyl (C=O) groups excluding carboxylic acids is 1. The molecule has 0 bridgehead atoms. The number of nitrogens with one attached hydrogen (secondary N) is 2. The van der Waals surface area contributed by atoms with Crippen molar-refractivity contribution in [3.05, 3.63) is 84.2 Å². The molecule has 168 valence electrons. The van der Waals surface area contributed by atoms with Gasteiger partial charge in [-0.15, -0.1) is 0 Å². The Morgan fingerprint density at radius 1 is 0.938 bits per heavy atom. The molecular weight excluding hydrogens is 452 g/mol. The number of amides is 1. The molecule has 3 aromatic rings. The van der Waals surface area contributed by atoms with Crippen molar-refractivity contribution >= 4 is 27.3 Å². The number of benzene rings is 3. The molecule has 11 heteroatoms. The van der Waals surface area contributed by atoms with Crippen molar-refractivity contribution < 1.29 is 35.5 Å². The highest BCUT2D eigenvalue weighted by Crippen LogP contribution is 2.31. The third-order valence-electron chi connectivity index (χ3n) is 4.08. The van der Waals surface area contributed by atoms with E-state index >= 15 is 0 Å². The smallest absolute Gasteiger partial charge is 0.416 e. The molecule has 1 amide bonds. The Hall–Kier alpha value is -3.60. The molecule has 0 aliphatic carbocycles. The monoisotopic (exact) mass is 468 g/mol. The van der Waals surface area contributed by atoms with Crippen LogP contribution in [0.25, 0.3) is 0 Å². The number of hydrogen-bond acceptors (Lipinski definition) is 4. The number of carbonyl (C=O) groups is 1. The number of halogens is 4. The van der Waals surface area contributed by atoms with Gasteiger partial charge >= 0.3 is 6.18 Å². The number of alkyl halides is 3. The molecular formula is C21H16F4N2O4S. The molecule has 0 unspecified atom stereocenters. The van der Waals surface area contributed by atoms with E-state index in [1.54, 1.807) is 0 Å². The van der Waals surface area contributed by atoms with Gasteiger partial charge in [0.25, 0.3) is 15.9 Å². The zero-order valence-corrected chi connectivity index (χ0v) is 17.0. The first kappa shape index (κ1) is 23.1. The first-order valence-corrected chi connectivity index (χ1v) is 10.5. The van der Waals surface area contributed by atoms with Gasteiger partial charge in [-0.2, -0.15) is 13.2 Å². The van der Waals surface area contributed by atoms with Gasteiger partial charge in [0, 0.05) is 5.69 Å². The quantitative estimate of drug-likeness (QED) is 0.494. The molecule has 0 radical (unpaired) electrons. The van der Waals surface area contributed by atoms with Crippen LogP contribution in [0.3, 0.4) is 0 Å². The van der Waals surface area contributed by atoms with Crippen molar-refractivity contribution in [1.29, 1.82) is 0 Å². The Kier molecular flexibility index (Phi) is 6.68. The summed E-state index contributed by atoms with van der Waals surface area (Å²) in [5.74, 6) is -1.63. The summed E-state index contributed by atoms with van der Waals surface area (Å²) in [5, 5.41) is 2.39. The lowest BCUT2D eigenvalue weighted by molar-refractivity contribution is -0.137. The van der Waals surface area contributed by atoms with Gasteiger partial charge in [0.15, 0.2) is 6.61 Å². The second-order valence-corrected chi connectivity index (χ2v) is 8.16. The number of anilines is 2. The normalized spacial score (nSPS) is 11.6. The molecule has 0 atom stereocenters. The number of rotatable bonds is 7. The summed E-state index contributed by atoms with van der Waals surface area (Å²) in [6.07, 6.45) is -4.55. The standard InChI is InChI=1S/C21H16F4N2O4S/c22-18-9-1-2-10-19(18)27-32(29,30)17-8-4-6-15(12-17)26-20(28)13-31-16-7-3-5-14(11-16)21(23,24)25/h1-12,27H,13H2,(H,26,28). The highest BCUT2D eigenvalue weighted by Gasteiger charge is 2.30. The van der Waals surface area contributed by atoms with Crippen LogP contribution in [0, 0.1) is 5.82 Å². The molecule has 0 aliphatic heterocycles. The van der Waals surface area contributed by atoms with E-state index in [0.717, 1.165) is 30.3 Å². The lowest BCUT2D eigenvalue weighted by Crippen LogP contribution is -2.21. The van der Waals surface area contributed by atoms with Gasteiger partial charge < -0.3 is 10.1 Å². The molecule has 6 nitrogen and oxygen atoms in total. The molecule has 0 saturated heterocycles. The Morgan fingerprint density at radius 2 is 1.66 bits per heavy atom. The summed E-state index contributed by atoms with van der Waals surface area (Å²) >= 11 is 0. The predicted octanol–water partition coefficient (Wildman–Crippen LogP) is 4.66. The van der Waals surface area contributed by atoms with Crippen molar-refractivity contribution in [2.24, 2.45) is 0 Å². The van der Waals surface area contributed by atoms with Crippen LogP contribution >= 0.6 is 0 Å². The molecule has 3 rings (SSSR count). The maximum atomic E-state index is 13.7. The molecule has 0 aliphatic rings. The molecule has 3 aromatic carbocycles. The van der Waals surface area contributed by atoms with Crippen LogP contribution in [0.5, 0.6) is 5.75 Å². The molecule has 0 saturated carbocycles. The number of sulfonamides is 1. The van der Waals surface area contributed by atoms with E-state index in [1.807, 2.05) is 0 Å². The minimum atomic E-state index is -4.55. The van der Waals surface area contributed by atoms with Crippen LogP contribution < -0.4 is 14.8 Å². The second kappa shape index (κ2) is 9.27. The Morgan fingerprint density at radius 3 is 2.38 bits per heavy atom. The molecule has 0 fully saturated rings. The number of para-hydroxylation sites is 1. The van der Waals surface area contributed by atoms with Gasteiger partial charge in [-0.05, 0) is 48.5 Å². The summed E-state index contributed by atoms with van der Waals surface area (Å²) in [4.78, 5) is 11.9. The fourth-order valence-corrected chi connectivity index (χ4v) is 3.71. The molecule has 0 heterocycles. The Labute approximate surface area is 180 Å². The minimum Gasteiger partial charge on any atom is -0.484 e. The highest BCUT2D eigenvalue weighted by molar-refractivity contribution is 7.92. The SMILES string of the molecule is O=C(COc1cccc(C(F)(F)F)c1)Nc1cccc(S(=O)(=O)Nc2ccccc2F)c1. The van der Waals surface area contributed by atoms with Crippen molar-refractivity contribution in [3.63, 3.8) is 0 Å². The van der Waals surface area contributed by atoms with Crippen LogP contribution in [0.4, 0.5) is 28.9 Å². The highest BCUT2D eigenvalue weighted by atomic mass is 32.2. The van der Waals surface area contributed by atoms with Crippen LogP contribution in [-0.2, 0) is 21.0 Å². The molecule has 0 aromatic heterocycles. The van der Waals surface area contributed by atoms with Gasteiger partial charge in [-0.3, -0.25) is 9.52 Å². The van der Waals surface area contributed by atoms with Crippen LogP contribution in [-0.4, -0.2) is 20.9 Å². The van der Waals surface area contributed by atoms with Crippen molar-refractivity contribution in [2.45, 2.75) is 11.1 Å². The van der Waals surface area contributed by atoms with Crippen LogP contribution in [0.1, 0.15) is 5.56 Å². The van der Waals surface area contributed by atoms with E-state index in [-0.39, 0.29) is 22.0 Å². The lowest BCUT2D eigenvalue weighted by atomic mass is 10.2. The summed E-state index contributed by atoms with van der Waals surface area (Å²) < 4.78 is 84.2. The van der Waals surface area contributed by atoms with E-state index in [4.69, 9.17) is 4.74 Å². The first-order chi connectivity index (χ1) is 15.0. The molecule has 0 spiro atoms. The van der Waals surface area contributed by atoms with Gasteiger partial charge in [-0.1, -0.05) is 24.3 Å². The summed E-state index contributed by atoms with van der Waals surface area (Å²) in [5.41, 5.74) is -1.06. The van der Waals surface area contributed by atoms with Crippen molar-refractivity contribution in [2.75, 3.05) is 16.6 Å². The van der Waals surface area contributed by atoms with Gasteiger partial charge in [-0.25, -0.2) is 12.8 Å². The Bertz CT molecular complexity index is 1230. The summed E-state index contributed by atoms with van der Waals surface area (Å²) in [7, 11) is -4.15. The zero-order valence-electron chi connectivity index (χ0n) is 16.2. The lowest BCUT2D eigenvalue weighted by Gasteiger charge is -2.12. The third kappa shape index (κ3) is 5.97. The average Bonchev–Trinajstić information content (AvgIpc) is 2.74.